The van der Waals surface area contributed by atoms with Gasteiger partial charge in [-0.05, 0) is 61.9 Å². The van der Waals surface area contributed by atoms with Crippen LogP contribution in [-0.2, 0) is 9.59 Å². The van der Waals surface area contributed by atoms with E-state index >= 15 is 0 Å². The number of hydrogen-bond donors (Lipinski definition) is 1. The third-order valence-corrected chi connectivity index (χ3v) is 5.71. The number of nitrogens with zero attached hydrogens (tertiary/aromatic N) is 1. The van der Waals surface area contributed by atoms with E-state index in [-0.39, 0.29) is 11.1 Å². The summed E-state index contributed by atoms with van der Waals surface area (Å²) in [4.78, 5) is 27.4. The predicted molar refractivity (Wildman–Crippen MR) is 125 cm³/mol. The van der Waals surface area contributed by atoms with E-state index in [0.29, 0.717) is 28.6 Å². The highest BCUT2D eigenvalue weighted by Crippen LogP contribution is 2.43. The van der Waals surface area contributed by atoms with E-state index in [2.05, 4.69) is 0 Å². The van der Waals surface area contributed by atoms with Gasteiger partial charge in [0, 0.05) is 21.8 Å². The van der Waals surface area contributed by atoms with Crippen LogP contribution in [0.1, 0.15) is 29.7 Å². The number of Topliss-reactive ketones (excluding diaryl/α,β-unsaturated/α-hetero) is 1. The molecule has 3 aromatic rings. The lowest BCUT2D eigenvalue weighted by atomic mass is 9.94. The van der Waals surface area contributed by atoms with Crippen molar-refractivity contribution in [3.8, 4) is 5.75 Å². The second kappa shape index (κ2) is 9.08. The molecule has 0 aromatic heterocycles. The summed E-state index contributed by atoms with van der Waals surface area (Å²) < 4.78 is 20.4. The topological polar surface area (TPSA) is 66.8 Å². The van der Waals surface area contributed by atoms with Crippen molar-refractivity contribution in [2.45, 2.75) is 19.9 Å². The summed E-state index contributed by atoms with van der Waals surface area (Å²) in [5.74, 6) is -2.15. The molecule has 1 fully saturated rings. The van der Waals surface area contributed by atoms with Crippen LogP contribution in [0.2, 0.25) is 5.02 Å². The van der Waals surface area contributed by atoms with E-state index in [9.17, 15) is 19.1 Å². The molecule has 1 atom stereocenters. The summed E-state index contributed by atoms with van der Waals surface area (Å²) in [7, 11) is 0. The monoisotopic (exact) mass is 465 g/mol. The molecule has 1 saturated heterocycles. The average Bonchev–Trinajstić information content (AvgIpc) is 3.05. The Morgan fingerprint density at radius 1 is 1.09 bits per heavy atom. The molecule has 1 aliphatic heterocycles. The van der Waals surface area contributed by atoms with Crippen molar-refractivity contribution >= 4 is 34.7 Å². The number of carbonyl (C=O) groups is 2. The average molecular weight is 466 g/mol. The molecular formula is C26H21ClFNO4. The van der Waals surface area contributed by atoms with Crippen molar-refractivity contribution in [1.82, 2.24) is 0 Å². The molecule has 0 spiro atoms. The number of anilines is 1. The molecule has 1 N–H and O–H groups in total. The van der Waals surface area contributed by atoms with Crippen molar-refractivity contribution < 1.29 is 23.8 Å². The maximum atomic E-state index is 14.9. The zero-order valence-electron chi connectivity index (χ0n) is 18.0. The van der Waals surface area contributed by atoms with Crippen LogP contribution in [0.5, 0.6) is 5.75 Å². The van der Waals surface area contributed by atoms with Crippen LogP contribution in [0.15, 0.2) is 72.3 Å². The van der Waals surface area contributed by atoms with Crippen LogP contribution in [0, 0.1) is 12.7 Å². The molecule has 1 amide bonds. The highest BCUT2D eigenvalue weighted by molar-refractivity contribution is 6.51. The minimum Gasteiger partial charge on any atom is -0.507 e. The highest BCUT2D eigenvalue weighted by atomic mass is 35.5. The molecule has 1 unspecified atom stereocenters. The summed E-state index contributed by atoms with van der Waals surface area (Å²) >= 11 is 6.11. The van der Waals surface area contributed by atoms with E-state index in [0.717, 1.165) is 5.56 Å². The molecule has 0 aliphatic carbocycles. The number of aliphatic hydroxyl groups is 1. The third-order valence-electron chi connectivity index (χ3n) is 5.48. The van der Waals surface area contributed by atoms with Gasteiger partial charge in [-0.15, -0.1) is 0 Å². The molecule has 0 radical (unpaired) electrons. The Morgan fingerprint density at radius 3 is 2.52 bits per heavy atom. The molecular weight excluding hydrogens is 445 g/mol. The van der Waals surface area contributed by atoms with Gasteiger partial charge in [0.15, 0.2) is 0 Å². The van der Waals surface area contributed by atoms with Crippen LogP contribution in [0.3, 0.4) is 0 Å². The van der Waals surface area contributed by atoms with Crippen LogP contribution >= 0.6 is 11.6 Å². The first kappa shape index (κ1) is 22.6. The third kappa shape index (κ3) is 4.10. The fraction of sp³-hybridized carbons (Fsp3) is 0.154. The van der Waals surface area contributed by atoms with Gasteiger partial charge in [0.05, 0.1) is 18.2 Å². The van der Waals surface area contributed by atoms with Crippen LogP contribution < -0.4 is 9.64 Å². The van der Waals surface area contributed by atoms with E-state index in [4.69, 9.17) is 16.3 Å². The van der Waals surface area contributed by atoms with E-state index < -0.39 is 29.3 Å². The zero-order chi connectivity index (χ0) is 23.7. The van der Waals surface area contributed by atoms with Gasteiger partial charge >= 0.3 is 0 Å². The van der Waals surface area contributed by atoms with Gasteiger partial charge in [-0.25, -0.2) is 4.39 Å². The Labute approximate surface area is 195 Å². The van der Waals surface area contributed by atoms with Crippen molar-refractivity contribution in [3.05, 3.63) is 99.8 Å². The predicted octanol–water partition coefficient (Wildman–Crippen LogP) is 5.81. The number of amides is 1. The number of carbonyl (C=O) groups excluding carboxylic acids is 2. The Morgan fingerprint density at radius 2 is 1.85 bits per heavy atom. The number of ether oxygens (including phenoxy) is 1. The SMILES string of the molecule is CCOc1ccc(/C(O)=C2\C(=O)C(=O)N(c3cccc(Cl)c3)C2c2ccccc2F)cc1C. The molecule has 33 heavy (non-hydrogen) atoms. The smallest absolute Gasteiger partial charge is 0.300 e. The van der Waals surface area contributed by atoms with Crippen LogP contribution in [0.25, 0.3) is 5.76 Å². The molecule has 7 heteroatoms. The molecule has 0 bridgehead atoms. The van der Waals surface area contributed by atoms with Gasteiger partial charge in [-0.1, -0.05) is 35.9 Å². The fourth-order valence-electron chi connectivity index (χ4n) is 3.99. The second-order valence-electron chi connectivity index (χ2n) is 7.58. The lowest BCUT2D eigenvalue weighted by Gasteiger charge is -2.26. The Kier molecular flexibility index (Phi) is 6.20. The standard InChI is InChI=1S/C26H21ClFNO4/c1-3-33-21-12-11-16(13-15(21)2)24(30)22-23(19-9-4-5-10-20(19)28)29(26(32)25(22)31)18-8-6-7-17(27)14-18/h4-14,23,30H,3H2,1-2H3/b24-22+. The summed E-state index contributed by atoms with van der Waals surface area (Å²) in [6, 6.07) is 16.0. The number of halogens is 2. The maximum absolute atomic E-state index is 14.9. The normalized spacial score (nSPS) is 17.5. The Bertz CT molecular complexity index is 1290. The molecule has 4 rings (SSSR count). The quantitative estimate of drug-likeness (QED) is 0.293. The summed E-state index contributed by atoms with van der Waals surface area (Å²) in [6.45, 7) is 4.14. The number of benzene rings is 3. The highest BCUT2D eigenvalue weighted by Gasteiger charge is 2.47. The molecule has 1 heterocycles. The van der Waals surface area contributed by atoms with Gasteiger partial charge in [-0.2, -0.15) is 0 Å². The molecule has 1 aliphatic rings. The largest absolute Gasteiger partial charge is 0.507 e. The first-order valence-corrected chi connectivity index (χ1v) is 10.8. The fourth-order valence-corrected chi connectivity index (χ4v) is 4.17. The first-order valence-electron chi connectivity index (χ1n) is 10.4. The van der Waals surface area contributed by atoms with E-state index in [1.807, 2.05) is 6.92 Å². The molecule has 5 nitrogen and oxygen atoms in total. The molecule has 168 valence electrons. The molecule has 0 saturated carbocycles. The number of aryl methyl sites for hydroxylation is 1. The minimum atomic E-state index is -1.17. The lowest BCUT2D eigenvalue weighted by Crippen LogP contribution is -2.29. The number of hydrogen-bond acceptors (Lipinski definition) is 4. The van der Waals surface area contributed by atoms with Crippen LogP contribution in [0.4, 0.5) is 10.1 Å². The van der Waals surface area contributed by atoms with Gasteiger partial charge in [0.2, 0.25) is 0 Å². The second-order valence-corrected chi connectivity index (χ2v) is 8.02. The van der Waals surface area contributed by atoms with Crippen molar-refractivity contribution in [1.29, 1.82) is 0 Å². The van der Waals surface area contributed by atoms with Crippen molar-refractivity contribution in [3.63, 3.8) is 0 Å². The number of aliphatic hydroxyl groups excluding tert-OH is 1. The lowest BCUT2D eigenvalue weighted by molar-refractivity contribution is -0.132. The number of ketones is 1. The minimum absolute atomic E-state index is 0.0842. The number of rotatable bonds is 5. The summed E-state index contributed by atoms with van der Waals surface area (Å²) in [5, 5.41) is 11.5. The van der Waals surface area contributed by atoms with Crippen molar-refractivity contribution in [2.75, 3.05) is 11.5 Å². The van der Waals surface area contributed by atoms with Gasteiger partial charge in [0.1, 0.15) is 17.3 Å². The van der Waals surface area contributed by atoms with Gasteiger partial charge < -0.3 is 9.84 Å². The van der Waals surface area contributed by atoms with Gasteiger partial charge in [0.25, 0.3) is 11.7 Å². The summed E-state index contributed by atoms with van der Waals surface area (Å²) in [6.07, 6.45) is 0. The van der Waals surface area contributed by atoms with Crippen molar-refractivity contribution in [2.24, 2.45) is 0 Å². The van der Waals surface area contributed by atoms with E-state index in [1.165, 1.54) is 29.2 Å². The zero-order valence-corrected chi connectivity index (χ0v) is 18.8. The van der Waals surface area contributed by atoms with Gasteiger partial charge in [-0.3, -0.25) is 14.5 Å². The Balaban J connectivity index is 1.94. The van der Waals surface area contributed by atoms with E-state index in [1.54, 1.807) is 49.4 Å². The Hall–Kier alpha value is -3.64. The van der Waals surface area contributed by atoms with Crippen LogP contribution in [-0.4, -0.2) is 23.4 Å². The summed E-state index contributed by atoms with van der Waals surface area (Å²) in [5.41, 5.74) is 1.27. The maximum Gasteiger partial charge on any atom is 0.300 e. The first-order chi connectivity index (χ1) is 15.8. The molecule has 3 aromatic carbocycles.